The molecular weight excluding hydrogens is 226 g/mol. The Morgan fingerprint density at radius 2 is 2.06 bits per heavy atom. The van der Waals surface area contributed by atoms with Gasteiger partial charge in [0.15, 0.2) is 0 Å². The zero-order valence-electron chi connectivity index (χ0n) is 10.7. The van der Waals surface area contributed by atoms with Gasteiger partial charge in [-0.2, -0.15) is 0 Å². The van der Waals surface area contributed by atoms with Crippen LogP contribution in [0.15, 0.2) is 42.2 Å². The number of fused-ring (bicyclic) bond motifs is 1. The smallest absolute Gasteiger partial charge is 0.414 e. The molecule has 1 aromatic rings. The third kappa shape index (κ3) is 3.00. The maximum absolute atomic E-state index is 11.2. The predicted molar refractivity (Wildman–Crippen MR) is 72.0 cm³/mol. The van der Waals surface area contributed by atoms with Gasteiger partial charge in [0.1, 0.15) is 0 Å². The van der Waals surface area contributed by atoms with Crippen molar-refractivity contribution in [3.63, 3.8) is 0 Å². The summed E-state index contributed by atoms with van der Waals surface area (Å²) in [6.07, 6.45) is 7.11. The van der Waals surface area contributed by atoms with Crippen molar-refractivity contribution < 1.29 is 9.53 Å². The third-order valence-electron chi connectivity index (χ3n) is 2.90. The zero-order valence-corrected chi connectivity index (χ0v) is 10.7. The first-order chi connectivity index (χ1) is 8.66. The number of carbonyl (C=O) groups is 1. The number of benzene rings is 1. The van der Waals surface area contributed by atoms with Gasteiger partial charge in [0.2, 0.25) is 0 Å². The fraction of sp³-hybridized carbons (Fsp3) is 0.267. The number of allylic oxidation sites excluding steroid dienone is 2. The molecule has 3 nitrogen and oxygen atoms in total. The van der Waals surface area contributed by atoms with Crippen molar-refractivity contribution in [1.82, 2.24) is 4.90 Å². The highest BCUT2D eigenvalue weighted by atomic mass is 16.5. The quantitative estimate of drug-likeness (QED) is 0.746. The molecule has 0 fully saturated rings. The number of ether oxygens (including phenoxy) is 1. The Bertz CT molecular complexity index is 501. The van der Waals surface area contributed by atoms with Gasteiger partial charge in [0.05, 0.1) is 6.26 Å². The summed E-state index contributed by atoms with van der Waals surface area (Å²) in [6, 6.07) is 8.35. The Labute approximate surface area is 107 Å². The average Bonchev–Trinajstić information content (AvgIpc) is 2.38. The fourth-order valence-electron chi connectivity index (χ4n) is 1.87. The normalized spacial score (nSPS) is 14.0. The van der Waals surface area contributed by atoms with Crippen molar-refractivity contribution in [2.75, 3.05) is 14.1 Å². The first-order valence-electron chi connectivity index (χ1n) is 6.00. The molecule has 0 saturated heterocycles. The Morgan fingerprint density at radius 1 is 1.28 bits per heavy atom. The van der Waals surface area contributed by atoms with Gasteiger partial charge in [-0.25, -0.2) is 4.79 Å². The Morgan fingerprint density at radius 3 is 2.83 bits per heavy atom. The first kappa shape index (κ1) is 12.4. The lowest BCUT2D eigenvalue weighted by molar-refractivity contribution is 0.156. The van der Waals surface area contributed by atoms with Gasteiger partial charge in [-0.15, -0.1) is 0 Å². The Hall–Kier alpha value is -2.03. The van der Waals surface area contributed by atoms with Crippen molar-refractivity contribution in [3.8, 4) is 0 Å². The lowest BCUT2D eigenvalue weighted by Crippen LogP contribution is -2.20. The molecular formula is C15H17NO2. The Kier molecular flexibility index (Phi) is 3.82. The number of amides is 1. The highest BCUT2D eigenvalue weighted by molar-refractivity contribution is 5.67. The monoisotopic (exact) mass is 243 g/mol. The maximum atomic E-state index is 11.2. The molecule has 0 atom stereocenters. The minimum atomic E-state index is -0.358. The van der Waals surface area contributed by atoms with Crippen molar-refractivity contribution in [1.29, 1.82) is 0 Å². The Balaban J connectivity index is 2.02. The summed E-state index contributed by atoms with van der Waals surface area (Å²) in [6.45, 7) is 0. The molecule has 0 aromatic heterocycles. The standard InChI is InChI=1S/C15H17NO2/c1-16(2)15(17)18-10-9-12-7-8-13-5-3-4-6-14(13)11-12/h3-6,9-11H,7-8H2,1-2H3/b10-9+. The highest BCUT2D eigenvalue weighted by Crippen LogP contribution is 2.24. The van der Waals surface area contributed by atoms with E-state index in [0.29, 0.717) is 0 Å². The van der Waals surface area contributed by atoms with Gasteiger partial charge in [-0.05, 0) is 35.6 Å². The topological polar surface area (TPSA) is 29.5 Å². The van der Waals surface area contributed by atoms with Crippen LogP contribution >= 0.6 is 0 Å². The zero-order chi connectivity index (χ0) is 13.0. The fourth-order valence-corrected chi connectivity index (χ4v) is 1.87. The molecule has 0 radical (unpaired) electrons. The molecule has 0 bridgehead atoms. The molecule has 3 heteroatoms. The molecule has 0 spiro atoms. The van der Waals surface area contributed by atoms with E-state index in [2.05, 4.69) is 24.3 Å². The minimum Gasteiger partial charge on any atom is -0.418 e. The molecule has 0 saturated carbocycles. The lowest BCUT2D eigenvalue weighted by atomic mass is 9.92. The SMILES string of the molecule is CN(C)C(=O)O/C=C/C1=Cc2ccccc2CC1. The van der Waals surface area contributed by atoms with Crippen LogP contribution in [0.25, 0.3) is 6.08 Å². The highest BCUT2D eigenvalue weighted by Gasteiger charge is 2.08. The number of hydrogen-bond donors (Lipinski definition) is 0. The number of carbonyl (C=O) groups excluding carboxylic acids is 1. The first-order valence-corrected chi connectivity index (χ1v) is 6.00. The molecule has 94 valence electrons. The maximum Gasteiger partial charge on any atom is 0.414 e. The van der Waals surface area contributed by atoms with Gasteiger partial charge in [-0.3, -0.25) is 0 Å². The van der Waals surface area contributed by atoms with E-state index in [1.54, 1.807) is 14.1 Å². The molecule has 0 unspecified atom stereocenters. The second-order valence-corrected chi connectivity index (χ2v) is 4.50. The summed E-state index contributed by atoms with van der Waals surface area (Å²) in [4.78, 5) is 12.6. The molecule has 1 amide bonds. The van der Waals surface area contributed by atoms with Crippen molar-refractivity contribution >= 4 is 12.2 Å². The van der Waals surface area contributed by atoms with Crippen LogP contribution in [-0.2, 0) is 11.2 Å². The predicted octanol–water partition coefficient (Wildman–Crippen LogP) is 3.23. The second-order valence-electron chi connectivity index (χ2n) is 4.50. The van der Waals surface area contributed by atoms with Crippen LogP contribution in [0.3, 0.4) is 0 Å². The summed E-state index contributed by atoms with van der Waals surface area (Å²) < 4.78 is 4.96. The van der Waals surface area contributed by atoms with E-state index < -0.39 is 0 Å². The van der Waals surface area contributed by atoms with Gasteiger partial charge in [0.25, 0.3) is 0 Å². The van der Waals surface area contributed by atoms with E-state index >= 15 is 0 Å². The largest absolute Gasteiger partial charge is 0.418 e. The van der Waals surface area contributed by atoms with E-state index in [-0.39, 0.29) is 6.09 Å². The summed E-state index contributed by atoms with van der Waals surface area (Å²) >= 11 is 0. The van der Waals surface area contributed by atoms with E-state index in [4.69, 9.17) is 4.74 Å². The van der Waals surface area contributed by atoms with Crippen LogP contribution in [-0.4, -0.2) is 25.1 Å². The van der Waals surface area contributed by atoms with Gasteiger partial charge in [-0.1, -0.05) is 30.3 Å². The second kappa shape index (κ2) is 5.54. The number of aryl methyl sites for hydroxylation is 1. The third-order valence-corrected chi connectivity index (χ3v) is 2.90. The molecule has 0 heterocycles. The van der Waals surface area contributed by atoms with Gasteiger partial charge < -0.3 is 9.64 Å². The van der Waals surface area contributed by atoms with Crippen LogP contribution in [0.5, 0.6) is 0 Å². The molecule has 1 aliphatic rings. The molecule has 1 aliphatic carbocycles. The molecule has 2 rings (SSSR count). The summed E-state index contributed by atoms with van der Waals surface area (Å²) in [5.41, 5.74) is 3.81. The van der Waals surface area contributed by atoms with Crippen LogP contribution in [0, 0.1) is 0 Å². The van der Waals surface area contributed by atoms with Crippen molar-refractivity contribution in [2.45, 2.75) is 12.8 Å². The summed E-state index contributed by atoms with van der Waals surface area (Å²) in [5.74, 6) is 0. The van der Waals surface area contributed by atoms with Crippen LogP contribution in [0.1, 0.15) is 17.5 Å². The summed E-state index contributed by atoms with van der Waals surface area (Å²) in [7, 11) is 3.32. The van der Waals surface area contributed by atoms with Crippen molar-refractivity contribution in [3.05, 3.63) is 53.3 Å². The van der Waals surface area contributed by atoms with Crippen LogP contribution in [0.4, 0.5) is 4.79 Å². The number of hydrogen-bond acceptors (Lipinski definition) is 2. The van der Waals surface area contributed by atoms with Gasteiger partial charge in [0, 0.05) is 14.1 Å². The average molecular weight is 243 g/mol. The summed E-state index contributed by atoms with van der Waals surface area (Å²) in [5, 5.41) is 0. The van der Waals surface area contributed by atoms with E-state index in [9.17, 15) is 4.79 Å². The molecule has 0 N–H and O–H groups in total. The molecule has 1 aromatic carbocycles. The van der Waals surface area contributed by atoms with Crippen LogP contribution < -0.4 is 0 Å². The number of rotatable bonds is 2. The van der Waals surface area contributed by atoms with E-state index in [1.165, 1.54) is 27.9 Å². The van der Waals surface area contributed by atoms with Gasteiger partial charge >= 0.3 is 6.09 Å². The molecule has 18 heavy (non-hydrogen) atoms. The van der Waals surface area contributed by atoms with E-state index in [1.807, 2.05) is 12.1 Å². The molecule has 0 aliphatic heterocycles. The lowest BCUT2D eigenvalue weighted by Gasteiger charge is -2.13. The van der Waals surface area contributed by atoms with Crippen molar-refractivity contribution in [2.24, 2.45) is 0 Å². The number of nitrogens with zero attached hydrogens (tertiary/aromatic N) is 1. The minimum absolute atomic E-state index is 0.358. The van der Waals surface area contributed by atoms with Crippen LogP contribution in [0.2, 0.25) is 0 Å². The van der Waals surface area contributed by atoms with E-state index in [0.717, 1.165) is 12.8 Å².